The van der Waals surface area contributed by atoms with Gasteiger partial charge in [-0.2, -0.15) is 0 Å². The molecule has 0 aromatic carbocycles. The van der Waals surface area contributed by atoms with Crippen LogP contribution in [0.3, 0.4) is 0 Å². The molecule has 25 heavy (non-hydrogen) atoms. The number of hydrogen-bond acceptors (Lipinski definition) is 6. The van der Waals surface area contributed by atoms with Crippen LogP contribution < -0.4 is 7.06 Å². The van der Waals surface area contributed by atoms with Crippen LogP contribution in [0.25, 0.3) is 0 Å². The molecule has 3 aliphatic heterocycles. The van der Waals surface area contributed by atoms with Gasteiger partial charge in [0.2, 0.25) is 0 Å². The van der Waals surface area contributed by atoms with E-state index in [9.17, 15) is 36.2 Å². The second kappa shape index (κ2) is 5.45. The predicted molar refractivity (Wildman–Crippen MR) is 86.5 cm³/mol. The number of esters is 1. The van der Waals surface area contributed by atoms with E-state index in [0.29, 0.717) is 0 Å². The van der Waals surface area contributed by atoms with Crippen molar-refractivity contribution in [1.29, 1.82) is 0 Å². The number of ether oxygens (including phenoxy) is 2. The molecule has 3 rings (SSSR count). The molecule has 0 bridgehead atoms. The summed E-state index contributed by atoms with van der Waals surface area (Å²) >= 11 is -0.101. The van der Waals surface area contributed by atoms with Crippen LogP contribution in [0, 0.1) is 0 Å². The Bertz CT molecular complexity index is 608. The van der Waals surface area contributed by atoms with Gasteiger partial charge in [-0.25, -0.2) is 0 Å². The van der Waals surface area contributed by atoms with Crippen molar-refractivity contribution in [3.63, 3.8) is 0 Å². The van der Waals surface area contributed by atoms with Gasteiger partial charge in [0.25, 0.3) is 0 Å². The summed E-state index contributed by atoms with van der Waals surface area (Å²) in [5, 5.41) is 9.55. The number of aliphatic hydroxyl groups is 1. The third-order valence-electron chi connectivity index (χ3n) is 4.31. The molecule has 0 aromatic heterocycles. The number of alkyl halides is 8. The second-order valence-corrected chi connectivity index (χ2v) is 12.5. The molecule has 14 heteroatoms. The Balaban J connectivity index is 1.88. The average Bonchev–Trinajstić information content (AvgIpc) is 3.24. The van der Waals surface area contributed by atoms with Crippen LogP contribution in [0.5, 0.6) is 0 Å². The number of rotatable bonds is 3. The van der Waals surface area contributed by atoms with Crippen molar-refractivity contribution in [2.24, 2.45) is 0 Å². The molecule has 3 aliphatic rings. The van der Waals surface area contributed by atoms with Crippen LogP contribution in [-0.2, 0) is 14.3 Å². The number of hydrogen-bond donors (Lipinski definition) is 3. The van der Waals surface area contributed by atoms with Gasteiger partial charge in [0.1, 0.15) is 0 Å². The Morgan fingerprint density at radius 3 is 2.16 bits per heavy atom. The van der Waals surface area contributed by atoms with E-state index in [2.05, 4.69) is 16.5 Å². The Hall–Kier alpha value is 0.350. The fraction of sp³-hybridized carbons (Fsp3) is 0.909. The van der Waals surface area contributed by atoms with Gasteiger partial charge in [0.05, 0.1) is 0 Å². The van der Waals surface area contributed by atoms with Crippen LogP contribution >= 0.6 is 43.0 Å². The molecule has 0 amide bonds. The van der Waals surface area contributed by atoms with Gasteiger partial charge < -0.3 is 0 Å². The third-order valence-corrected chi connectivity index (χ3v) is 11.4. The molecule has 3 unspecified atom stereocenters. The maximum absolute atomic E-state index is 13.6. The third kappa shape index (κ3) is 2.94. The van der Waals surface area contributed by atoms with Crippen molar-refractivity contribution >= 4 is 48.9 Å². The number of carbonyl (C=O) groups is 1. The standard InChI is InChI=1S/C11H12F6I2N2O4/c1-6(18,11-19(20-11)21-11)5(22)25-7(9(12,13)14)2-3-24-8(23,4-7)10(15,16)17/h20-21,23H,2-4H2,1H3. The summed E-state index contributed by atoms with van der Waals surface area (Å²) in [5.74, 6) is -5.34. The summed E-state index contributed by atoms with van der Waals surface area (Å²) in [6, 6.07) is 0. The summed E-state index contributed by atoms with van der Waals surface area (Å²) in [4.78, 5) is 12.4. The van der Waals surface area contributed by atoms with Gasteiger partial charge in [0, 0.05) is 0 Å². The number of halogens is 8. The summed E-state index contributed by atoms with van der Waals surface area (Å²) in [6.07, 6.45) is -13.8. The van der Waals surface area contributed by atoms with E-state index < -0.39 is 76.6 Å². The van der Waals surface area contributed by atoms with E-state index in [1.807, 2.05) is 0 Å². The first-order valence-electron chi connectivity index (χ1n) is 6.78. The van der Waals surface area contributed by atoms with Gasteiger partial charge in [-0.05, 0) is 0 Å². The normalized spacial score (nSPS) is 37.7. The molecular formula is C11H12F6I2N2O4. The zero-order valence-corrected chi connectivity index (χ0v) is 16.6. The quantitative estimate of drug-likeness (QED) is 0.0871. The van der Waals surface area contributed by atoms with E-state index in [0.717, 1.165) is 0 Å². The second-order valence-electron chi connectivity index (χ2n) is 6.07. The van der Waals surface area contributed by atoms with Gasteiger partial charge in [-0.1, -0.05) is 0 Å². The van der Waals surface area contributed by atoms with Crippen molar-refractivity contribution in [3.8, 4) is 0 Å². The molecule has 0 radical (unpaired) electrons. The molecule has 146 valence electrons. The van der Waals surface area contributed by atoms with Crippen molar-refractivity contribution in [2.75, 3.05) is 6.61 Å². The minimum atomic E-state index is -5.47. The topological polar surface area (TPSA) is 99.6 Å². The van der Waals surface area contributed by atoms with Crippen LogP contribution in [0.1, 0.15) is 19.8 Å². The first kappa shape index (κ1) is 20.1. The van der Waals surface area contributed by atoms with Crippen molar-refractivity contribution in [1.82, 2.24) is 7.06 Å². The van der Waals surface area contributed by atoms with Gasteiger partial charge in [-0.15, -0.1) is 0 Å². The Kier molecular flexibility index (Phi) is 4.38. The van der Waals surface area contributed by atoms with Crippen LogP contribution in [0.2, 0.25) is 0 Å². The van der Waals surface area contributed by atoms with E-state index >= 15 is 0 Å². The van der Waals surface area contributed by atoms with Crippen molar-refractivity contribution < 1.29 is 45.7 Å². The van der Waals surface area contributed by atoms with Crippen LogP contribution in [-0.4, -0.2) is 48.5 Å². The van der Waals surface area contributed by atoms with E-state index in [1.165, 1.54) is 6.92 Å². The number of nitrogens with one attached hydrogen (secondary N) is 2. The molecule has 0 aromatic rings. The Morgan fingerprint density at radius 1 is 1.24 bits per heavy atom. The molecule has 3 N–H and O–H groups in total. The summed E-state index contributed by atoms with van der Waals surface area (Å²) in [7, 11) is 0. The van der Waals surface area contributed by atoms with Crippen molar-refractivity contribution in [3.05, 3.63) is 0 Å². The first-order chi connectivity index (χ1) is 11.1. The number of fused-ring (bicyclic) bond motifs is 1. The minimum absolute atomic E-state index is 0.757. The molecule has 0 spiro atoms. The Labute approximate surface area is 158 Å². The molecule has 3 heterocycles. The summed E-state index contributed by atoms with van der Waals surface area (Å²) < 4.78 is 92.0. The summed E-state index contributed by atoms with van der Waals surface area (Å²) in [5.41, 5.74) is -3.49. The fourth-order valence-corrected chi connectivity index (χ4v) is 10.2. The molecule has 3 saturated heterocycles. The van der Waals surface area contributed by atoms with E-state index in [1.54, 1.807) is 22.6 Å². The fourth-order valence-electron chi connectivity index (χ4n) is 2.47. The van der Waals surface area contributed by atoms with E-state index in [4.69, 9.17) is 0 Å². The average molecular weight is 604 g/mol. The molecule has 0 saturated carbocycles. The number of carbonyl (C=O) groups excluding carboxylic acids is 1. The zero-order chi connectivity index (χ0) is 19.1. The monoisotopic (exact) mass is 604 g/mol. The van der Waals surface area contributed by atoms with E-state index in [-0.39, 0.29) is 0 Å². The predicted octanol–water partition coefficient (Wildman–Crippen LogP) is 2.28. The molecular weight excluding hydrogens is 592 g/mol. The maximum atomic E-state index is 13.6. The molecule has 3 atom stereocenters. The molecule has 0 aliphatic carbocycles. The van der Waals surface area contributed by atoms with Crippen molar-refractivity contribution in [2.45, 2.75) is 50.6 Å². The molecule has 6 nitrogen and oxygen atoms in total. The molecule has 3 fully saturated rings. The van der Waals surface area contributed by atoms with Gasteiger partial charge >= 0.3 is 159 Å². The Morgan fingerprint density at radius 2 is 1.76 bits per heavy atom. The van der Waals surface area contributed by atoms with Crippen LogP contribution in [0.4, 0.5) is 26.3 Å². The van der Waals surface area contributed by atoms with Crippen LogP contribution in [0.15, 0.2) is 0 Å². The SMILES string of the molecule is CC(I)(C(=O)OC1(C(F)(F)F)CCOC(O)(C(F)(F)F)C1)C12NI1N2. The first-order valence-corrected chi connectivity index (χ1v) is 11.1. The zero-order valence-electron chi connectivity index (χ0n) is 12.3. The van der Waals surface area contributed by atoms with Gasteiger partial charge in [0.15, 0.2) is 0 Å². The summed E-state index contributed by atoms with van der Waals surface area (Å²) in [6.45, 7) is 0.278. The van der Waals surface area contributed by atoms with Gasteiger partial charge in [-0.3, -0.25) is 0 Å².